The number of nitrogens with zero attached hydrogens (tertiary/aromatic N) is 10. The molecular formula is C54H72N16. The number of hydrogen-bond donors (Lipinski definition) is 6. The van der Waals surface area contributed by atoms with Crippen molar-refractivity contribution in [2.24, 2.45) is 28.6 Å². The molecule has 2 bridgehead atoms. The Hall–Kier alpha value is -6.91. The quantitative estimate of drug-likeness (QED) is 0.0136. The predicted molar refractivity (Wildman–Crippen MR) is 287 cm³/mol. The van der Waals surface area contributed by atoms with Crippen molar-refractivity contribution in [3.63, 3.8) is 0 Å². The molecule has 2 aliphatic heterocycles. The second-order valence-electron chi connectivity index (χ2n) is 19.5. The van der Waals surface area contributed by atoms with Crippen molar-refractivity contribution in [2.75, 3.05) is 30.3 Å². The van der Waals surface area contributed by atoms with Crippen LogP contribution >= 0.6 is 0 Å². The van der Waals surface area contributed by atoms with Crippen molar-refractivity contribution >= 4 is 63.0 Å². The minimum Gasteiger partial charge on any atom is -0.385 e. The molecule has 70 heavy (non-hydrogen) atoms. The lowest BCUT2D eigenvalue weighted by Gasteiger charge is -2.38. The number of allylic oxidation sites excluding steroid dienone is 2. The topological polar surface area (TPSA) is 187 Å². The van der Waals surface area contributed by atoms with Crippen LogP contribution in [-0.2, 0) is 39.0 Å². The van der Waals surface area contributed by atoms with E-state index in [1.54, 1.807) is 0 Å². The molecule has 0 radical (unpaired) electrons. The molecule has 0 spiro atoms. The number of aromatic nitrogens is 8. The largest absolute Gasteiger partial charge is 0.385 e. The third-order valence-corrected chi connectivity index (χ3v) is 14.6. The zero-order valence-corrected chi connectivity index (χ0v) is 41.7. The second-order valence-corrected chi connectivity index (χ2v) is 19.5. The highest BCUT2D eigenvalue weighted by Gasteiger charge is 2.36. The fourth-order valence-electron chi connectivity index (χ4n) is 11.2. The standard InChI is InChI=1S/C54H72N16/c1-9-39-28-42-18-20-45(66-32-40-16-17-41(27-40)33-66)21-19-43-30-44(36(6)57-22-14-15-50(62-55)63-56)31-47-52(43)68(54(61-47)59-38(8)49-26-35(5)65-70(49)11-3)24-13-12-23-67-51(42)46(29-39)60-53(67)58-37(7)48-25-34(4)64-69(48)10-2/h9,12-13,25-26,28-31,40-41,45,57H,1,6-8,10-11,14-24,27,32-33,55-56H2,2-5H3,(H,58,60)(H,59,61)(H,62,63)/b13-12+. The molecule has 1 saturated heterocycles. The number of hydrazine groups is 1. The third-order valence-electron chi connectivity index (χ3n) is 14.6. The molecule has 1 saturated carbocycles. The van der Waals surface area contributed by atoms with Crippen molar-refractivity contribution in [2.45, 2.75) is 118 Å². The Morgan fingerprint density at radius 3 is 1.84 bits per heavy atom. The number of likely N-dealkylation sites (tertiary alicyclic amines) is 1. The van der Waals surface area contributed by atoms with Gasteiger partial charge in [0.05, 0.1) is 56.2 Å². The number of benzene rings is 2. The summed E-state index contributed by atoms with van der Waals surface area (Å²) in [6.07, 6.45) is 15.6. The highest BCUT2D eigenvalue weighted by Crippen LogP contribution is 2.39. The minimum atomic E-state index is 0.362. The van der Waals surface area contributed by atoms with Gasteiger partial charge in [-0.05, 0) is 150 Å². The molecule has 8 N–H and O–H groups in total. The van der Waals surface area contributed by atoms with E-state index in [9.17, 15) is 0 Å². The summed E-state index contributed by atoms with van der Waals surface area (Å²) in [7, 11) is 0. The van der Waals surface area contributed by atoms with Gasteiger partial charge < -0.3 is 36.4 Å². The van der Waals surface area contributed by atoms with Crippen molar-refractivity contribution in [3.8, 4) is 0 Å². The summed E-state index contributed by atoms with van der Waals surface area (Å²) < 4.78 is 8.61. The number of aryl methyl sites for hydroxylation is 6. The fourth-order valence-corrected chi connectivity index (χ4v) is 11.2. The molecule has 3 unspecified atom stereocenters. The number of nitrogens with one attached hydrogen (secondary N) is 4. The van der Waals surface area contributed by atoms with Gasteiger partial charge in [0.1, 0.15) is 5.84 Å². The van der Waals surface area contributed by atoms with Crippen LogP contribution in [0.15, 0.2) is 80.0 Å². The van der Waals surface area contributed by atoms with Gasteiger partial charge in [0.25, 0.3) is 0 Å². The smallest absolute Gasteiger partial charge is 0.208 e. The molecule has 2 fully saturated rings. The molecule has 2 aromatic carbocycles. The molecule has 6 heterocycles. The van der Waals surface area contributed by atoms with E-state index in [2.05, 4.69) is 129 Å². The molecule has 0 amide bonds. The van der Waals surface area contributed by atoms with E-state index >= 15 is 0 Å². The van der Waals surface area contributed by atoms with E-state index in [4.69, 9.17) is 31.9 Å². The summed E-state index contributed by atoms with van der Waals surface area (Å²) >= 11 is 0. The molecule has 1 aliphatic carbocycles. The molecule has 4 aromatic heterocycles. The number of piperidine rings is 1. The maximum Gasteiger partial charge on any atom is 0.208 e. The van der Waals surface area contributed by atoms with E-state index in [-0.39, 0.29) is 0 Å². The fraction of sp³-hybridized carbons (Fsp3) is 0.426. The van der Waals surface area contributed by atoms with Gasteiger partial charge in [-0.2, -0.15) is 15.3 Å². The van der Waals surface area contributed by atoms with Gasteiger partial charge in [-0.15, -0.1) is 0 Å². The lowest BCUT2D eigenvalue weighted by Crippen LogP contribution is -2.44. The zero-order chi connectivity index (χ0) is 49.1. The van der Waals surface area contributed by atoms with Crippen LogP contribution in [0.3, 0.4) is 0 Å². The van der Waals surface area contributed by atoms with Crippen LogP contribution in [0.25, 0.3) is 45.2 Å². The highest BCUT2D eigenvalue weighted by atomic mass is 15.3. The van der Waals surface area contributed by atoms with Crippen LogP contribution in [-0.4, -0.2) is 75.1 Å². The number of fused-ring (bicyclic) bond motifs is 2. The van der Waals surface area contributed by atoms with Crippen LogP contribution < -0.4 is 33.1 Å². The summed E-state index contributed by atoms with van der Waals surface area (Å²) in [5.41, 5.74) is 17.3. The Labute approximate surface area is 412 Å². The number of hydrogen-bond acceptors (Lipinski definition) is 11. The van der Waals surface area contributed by atoms with Gasteiger partial charge in [-0.1, -0.05) is 44.5 Å². The Morgan fingerprint density at radius 2 is 1.31 bits per heavy atom. The van der Waals surface area contributed by atoms with Crippen molar-refractivity contribution in [3.05, 3.63) is 120 Å². The van der Waals surface area contributed by atoms with Crippen LogP contribution in [0.2, 0.25) is 0 Å². The van der Waals surface area contributed by atoms with Gasteiger partial charge in [-0.25, -0.2) is 15.8 Å². The first-order valence-corrected chi connectivity index (χ1v) is 25.2. The second kappa shape index (κ2) is 21.0. The summed E-state index contributed by atoms with van der Waals surface area (Å²) in [5, 5.41) is 24.1. The zero-order valence-electron chi connectivity index (χ0n) is 41.7. The summed E-state index contributed by atoms with van der Waals surface area (Å²) in [5.74, 6) is 14.7. The van der Waals surface area contributed by atoms with Crippen LogP contribution in [0.5, 0.6) is 0 Å². The predicted octanol–water partition coefficient (Wildman–Crippen LogP) is 8.56. The number of nitrogens with two attached hydrogens (primary N) is 2. The first-order chi connectivity index (χ1) is 34.0. The molecule has 16 heteroatoms. The average Bonchev–Trinajstić information content (AvgIpc) is 4.18. The Kier molecular flexibility index (Phi) is 14.4. The third kappa shape index (κ3) is 10.1. The van der Waals surface area contributed by atoms with E-state index in [1.807, 2.05) is 29.3 Å². The summed E-state index contributed by atoms with van der Waals surface area (Å²) in [6.45, 7) is 31.6. The van der Waals surface area contributed by atoms with E-state index in [0.717, 1.165) is 149 Å². The maximum atomic E-state index is 5.61. The molecule has 3 atom stereocenters. The Balaban J connectivity index is 1.15. The monoisotopic (exact) mass is 945 g/mol. The van der Waals surface area contributed by atoms with Crippen molar-refractivity contribution in [1.82, 2.24) is 54.3 Å². The van der Waals surface area contributed by atoms with Gasteiger partial charge >= 0.3 is 0 Å². The number of hydrazone groups is 1. The van der Waals surface area contributed by atoms with E-state index in [1.165, 1.54) is 30.4 Å². The summed E-state index contributed by atoms with van der Waals surface area (Å²) in [4.78, 5) is 13.5. The maximum absolute atomic E-state index is 5.61. The van der Waals surface area contributed by atoms with Gasteiger partial charge in [0.15, 0.2) is 0 Å². The van der Waals surface area contributed by atoms with Crippen LogP contribution in [0.1, 0.15) is 104 Å². The molecule has 368 valence electrons. The molecule has 9 rings (SSSR count). The number of anilines is 2. The first-order valence-electron chi connectivity index (χ1n) is 25.2. The Bertz CT molecular complexity index is 2980. The van der Waals surface area contributed by atoms with Gasteiger partial charge in [0, 0.05) is 64.0 Å². The van der Waals surface area contributed by atoms with E-state index < -0.39 is 0 Å². The number of rotatable bonds is 16. The van der Waals surface area contributed by atoms with Crippen LogP contribution in [0.4, 0.5) is 11.9 Å². The van der Waals surface area contributed by atoms with Gasteiger partial charge in [0.2, 0.25) is 11.9 Å². The lowest BCUT2D eigenvalue weighted by atomic mass is 9.91. The lowest BCUT2D eigenvalue weighted by molar-refractivity contribution is 0.106. The van der Waals surface area contributed by atoms with Crippen LogP contribution in [0, 0.1) is 25.7 Å². The summed E-state index contributed by atoms with van der Waals surface area (Å²) in [6, 6.07) is 13.5. The minimum absolute atomic E-state index is 0.362. The van der Waals surface area contributed by atoms with E-state index in [0.29, 0.717) is 43.9 Å². The SMILES string of the molecule is C=Cc1cc2c3c(c1)nc(NC(=C)c1cc(C)nn1CC)n3C/C=C/Cn1c(NC(=C)c3cc(C)nn3CC)nc3cc(C(=C)NCCC/C(=N/N)NN)cc(c31)CCC(N1CC3CCC(C3)C1)CC2. The Morgan fingerprint density at radius 1 is 0.757 bits per heavy atom. The number of imidazole rings is 2. The van der Waals surface area contributed by atoms with Crippen molar-refractivity contribution < 1.29 is 0 Å². The number of amidine groups is 1. The molecule has 3 aliphatic rings. The normalized spacial score (nSPS) is 19.2. The average molecular weight is 945 g/mol. The molecule has 16 nitrogen and oxygen atoms in total. The highest BCUT2D eigenvalue weighted by molar-refractivity contribution is 5.89. The molecular weight excluding hydrogens is 873 g/mol. The van der Waals surface area contributed by atoms with Crippen molar-refractivity contribution in [1.29, 1.82) is 0 Å². The first kappa shape index (κ1) is 48.1. The molecule has 6 aromatic rings. The van der Waals surface area contributed by atoms with Gasteiger partial charge in [-0.3, -0.25) is 14.3 Å².